The van der Waals surface area contributed by atoms with E-state index < -0.39 is 58.6 Å². The molecule has 7 rings (SSSR count). The van der Waals surface area contributed by atoms with Crippen LogP contribution in [-0.2, 0) is 24.4 Å². The summed E-state index contributed by atoms with van der Waals surface area (Å²) in [6.07, 6.45) is -0.642. The molecular formula is C51H55Cl2F4N5O7S. The Morgan fingerprint density at radius 2 is 1.73 bits per heavy atom. The first-order valence-corrected chi connectivity index (χ1v) is 24.5. The number of halogens is 6. The van der Waals surface area contributed by atoms with Gasteiger partial charge in [-0.3, -0.25) is 10.1 Å². The van der Waals surface area contributed by atoms with Gasteiger partial charge in [0.1, 0.15) is 30.2 Å². The lowest BCUT2D eigenvalue weighted by Gasteiger charge is -2.38. The van der Waals surface area contributed by atoms with Gasteiger partial charge in [0.2, 0.25) is 11.7 Å². The number of anilines is 2. The molecule has 0 spiro atoms. The molecule has 0 bridgehead atoms. The van der Waals surface area contributed by atoms with Crippen LogP contribution in [0.3, 0.4) is 0 Å². The average Bonchev–Trinajstić information content (AvgIpc) is 3.95. The summed E-state index contributed by atoms with van der Waals surface area (Å²) in [5, 5.41) is 30.6. The van der Waals surface area contributed by atoms with Gasteiger partial charge >= 0.3 is 0 Å². The van der Waals surface area contributed by atoms with Crippen LogP contribution in [-0.4, -0.2) is 89.0 Å². The zero-order chi connectivity index (χ0) is 50.2. The Labute approximate surface area is 418 Å². The number of carbonyl (C=O) groups excluding carboxylic acids is 1. The van der Waals surface area contributed by atoms with Gasteiger partial charge in [0, 0.05) is 53.0 Å². The third-order valence-electron chi connectivity index (χ3n) is 12.5. The van der Waals surface area contributed by atoms with Crippen molar-refractivity contribution in [1.29, 1.82) is 5.26 Å². The van der Waals surface area contributed by atoms with E-state index in [1.807, 2.05) is 20.8 Å². The van der Waals surface area contributed by atoms with Crippen LogP contribution < -0.4 is 25.0 Å². The van der Waals surface area contributed by atoms with E-state index >= 15 is 8.78 Å². The van der Waals surface area contributed by atoms with Crippen molar-refractivity contribution in [2.75, 3.05) is 83.2 Å². The molecule has 5 aromatic rings. The summed E-state index contributed by atoms with van der Waals surface area (Å²) in [5.74, 6) is -7.08. The van der Waals surface area contributed by atoms with Crippen molar-refractivity contribution in [3.8, 4) is 28.8 Å². The quantitative estimate of drug-likeness (QED) is 0.0389. The number of nitrogens with zero attached hydrogens (tertiary/aromatic N) is 3. The maximum Gasteiger partial charge on any atom is 0.228 e. The predicted molar refractivity (Wildman–Crippen MR) is 261 cm³/mol. The van der Waals surface area contributed by atoms with E-state index in [2.05, 4.69) is 26.6 Å². The van der Waals surface area contributed by atoms with Gasteiger partial charge in [0.25, 0.3) is 0 Å². The normalized spacial score (nSPS) is 19.7. The number of carbonyl (C=O) groups is 1. The first-order chi connectivity index (χ1) is 33.6. The minimum absolute atomic E-state index is 0.0124. The van der Waals surface area contributed by atoms with Crippen LogP contribution in [0.2, 0.25) is 10.0 Å². The van der Waals surface area contributed by atoms with Gasteiger partial charge in [-0.1, -0.05) is 68.2 Å². The summed E-state index contributed by atoms with van der Waals surface area (Å²) in [6, 6.07) is 18.0. The van der Waals surface area contributed by atoms with E-state index in [1.165, 1.54) is 54.8 Å². The summed E-state index contributed by atoms with van der Waals surface area (Å²) in [4.78, 5) is 21.3. The molecule has 2 unspecified atom stereocenters. The molecule has 12 nitrogen and oxygen atoms in total. The highest BCUT2D eigenvalue weighted by molar-refractivity contribution is 7.14. The van der Waals surface area contributed by atoms with Crippen molar-refractivity contribution in [3.63, 3.8) is 0 Å². The van der Waals surface area contributed by atoms with Crippen LogP contribution in [0.15, 0.2) is 72.1 Å². The first-order valence-electron chi connectivity index (χ1n) is 22.8. The molecule has 2 fully saturated rings. The molecule has 0 radical (unpaired) electrons. The third-order valence-corrected chi connectivity index (χ3v) is 13.9. The van der Waals surface area contributed by atoms with E-state index in [1.54, 1.807) is 23.6 Å². The highest BCUT2D eigenvalue weighted by Gasteiger charge is 2.61. The van der Waals surface area contributed by atoms with E-state index in [0.717, 1.165) is 17.3 Å². The number of aliphatic hydroxyl groups excluding tert-OH is 1. The lowest BCUT2D eigenvalue weighted by atomic mass is 9.62. The zero-order valence-corrected chi connectivity index (χ0v) is 41.5. The molecule has 4 aromatic carbocycles. The molecule has 1 aromatic heterocycles. The Balaban J connectivity index is 0.927. The molecule has 1 saturated heterocycles. The highest BCUT2D eigenvalue weighted by Crippen LogP contribution is 2.61. The van der Waals surface area contributed by atoms with Crippen LogP contribution in [0.4, 0.5) is 28.4 Å². The smallest absolute Gasteiger partial charge is 0.228 e. The number of nitrogens with one attached hydrogen (secondary N) is 2. The third kappa shape index (κ3) is 12.0. The van der Waals surface area contributed by atoms with Crippen molar-refractivity contribution < 1.29 is 51.1 Å². The van der Waals surface area contributed by atoms with E-state index in [-0.39, 0.29) is 89.8 Å². The maximum atomic E-state index is 16.2. The number of hydrogen-bond acceptors (Lipinski definition) is 12. The molecule has 3 N–H and O–H groups in total. The number of morpholine rings is 1. The van der Waals surface area contributed by atoms with Crippen molar-refractivity contribution in [1.82, 2.24) is 10.3 Å². The van der Waals surface area contributed by atoms with Crippen LogP contribution in [0.1, 0.15) is 62.4 Å². The number of rotatable bonds is 20. The molecular weight excluding hydrogens is 974 g/mol. The number of benzene rings is 4. The fraction of sp³-hybridized carbons (Fsp3) is 0.431. The Hall–Kier alpha value is -5.03. The summed E-state index contributed by atoms with van der Waals surface area (Å²) < 4.78 is 89.3. The van der Waals surface area contributed by atoms with Crippen molar-refractivity contribution in [3.05, 3.63) is 122 Å². The van der Waals surface area contributed by atoms with E-state index in [0.29, 0.717) is 49.5 Å². The Kier molecular flexibility index (Phi) is 17.7. The molecule has 1 aliphatic heterocycles. The number of thiazole rings is 1. The van der Waals surface area contributed by atoms with Gasteiger partial charge in [0.05, 0.1) is 74.6 Å². The predicted octanol–water partition coefficient (Wildman–Crippen LogP) is 10.5. The molecule has 5 atom stereocenters. The lowest BCUT2D eigenvalue weighted by Crippen LogP contribution is -2.39. The molecule has 2 heterocycles. The van der Waals surface area contributed by atoms with Crippen molar-refractivity contribution in [2.24, 2.45) is 17.3 Å². The van der Waals surface area contributed by atoms with E-state index in [9.17, 15) is 23.9 Å². The van der Waals surface area contributed by atoms with Gasteiger partial charge in [-0.25, -0.2) is 18.2 Å². The minimum atomic E-state index is -1.71. The number of ether oxygens (including phenoxy) is 5. The van der Waals surface area contributed by atoms with Gasteiger partial charge < -0.3 is 39.0 Å². The standard InChI is InChI=1S/C51H55Cl2F4N5O7S/c1-50(2,3)27-31-25-35(43(34-6-5-7-37(53)44(34)56)51(31,29-58)36-11-9-32(52)26-39(36)55)48(64)60-40-13-8-30(24-42(40)65-4)47(63)59-14-17-66-20-21-68-22-23-69-46-33(10-12-38(54)45(46)57)41-28-70-49(61-41)62-15-18-67-19-16-62/h5-13,24,26,28,31,35,43,47,59,63H,14-23,25,27H2,1-4H3,(H,60,64)/t31-,35?,43-,47?,51+/m0/s1. The molecule has 1 saturated carbocycles. The molecule has 1 aliphatic carbocycles. The lowest BCUT2D eigenvalue weighted by molar-refractivity contribution is -0.120. The number of aliphatic hydroxyl groups is 1. The SMILES string of the molecule is COc1cc(C(O)NCCOCCOCCOc2c(-c3csc(N4CCOCC4)n3)ccc(F)c2F)ccc1NC(=O)C1C[C@@H](CC(C)(C)C)[C@](C#N)(c2ccc(Cl)cc2F)[C@H]1c1cccc(Cl)c1F. The minimum Gasteiger partial charge on any atom is -0.495 e. The van der Waals surface area contributed by atoms with Crippen molar-refractivity contribution >= 4 is 51.3 Å². The largest absolute Gasteiger partial charge is 0.495 e. The van der Waals surface area contributed by atoms with Gasteiger partial charge in [-0.05, 0) is 77.8 Å². The Morgan fingerprint density at radius 1 is 0.986 bits per heavy atom. The van der Waals surface area contributed by atoms with Crippen LogP contribution in [0.5, 0.6) is 11.5 Å². The second-order valence-electron chi connectivity index (χ2n) is 18.3. The number of aromatic nitrogens is 1. The van der Waals surface area contributed by atoms with Crippen LogP contribution >= 0.6 is 34.5 Å². The second kappa shape index (κ2) is 23.5. The number of hydrogen-bond donors (Lipinski definition) is 3. The topological polar surface area (TPSA) is 147 Å². The number of methoxy groups -OCH3 is 1. The fourth-order valence-corrected chi connectivity index (χ4v) is 10.6. The summed E-state index contributed by atoms with van der Waals surface area (Å²) in [7, 11) is 1.40. The monoisotopic (exact) mass is 1030 g/mol. The zero-order valence-electron chi connectivity index (χ0n) is 39.1. The average molecular weight is 1030 g/mol. The van der Waals surface area contributed by atoms with Crippen LogP contribution in [0.25, 0.3) is 11.3 Å². The number of amides is 1. The van der Waals surface area contributed by atoms with Crippen molar-refractivity contribution in [2.45, 2.75) is 51.2 Å². The van der Waals surface area contributed by atoms with Gasteiger partial charge in [0.15, 0.2) is 16.7 Å². The summed E-state index contributed by atoms with van der Waals surface area (Å²) in [5.41, 5.74) is -0.582. The molecule has 1 amide bonds. The highest BCUT2D eigenvalue weighted by atomic mass is 35.5. The first kappa shape index (κ1) is 52.8. The molecule has 374 valence electrons. The van der Waals surface area contributed by atoms with Gasteiger partial charge in [-0.15, -0.1) is 11.3 Å². The Morgan fingerprint density at radius 3 is 2.44 bits per heavy atom. The Bertz CT molecular complexity index is 2660. The molecule has 19 heteroatoms. The number of nitriles is 1. The van der Waals surface area contributed by atoms with Crippen LogP contribution in [0, 0.1) is 51.9 Å². The summed E-state index contributed by atoms with van der Waals surface area (Å²) in [6.45, 7) is 9.37. The maximum absolute atomic E-state index is 16.2. The van der Waals surface area contributed by atoms with Gasteiger partial charge in [-0.2, -0.15) is 9.65 Å². The molecule has 70 heavy (non-hydrogen) atoms. The fourth-order valence-electron chi connectivity index (χ4n) is 9.38. The summed E-state index contributed by atoms with van der Waals surface area (Å²) >= 11 is 13.9. The molecule has 2 aliphatic rings. The van der Waals surface area contributed by atoms with E-state index in [4.69, 9.17) is 46.9 Å². The second-order valence-corrected chi connectivity index (χ2v) is 19.9.